The number of anilines is 1. The fourth-order valence-corrected chi connectivity index (χ4v) is 3.02. The Kier molecular flexibility index (Phi) is 3.08. The molecule has 3 rings (SSSR count). The van der Waals surface area contributed by atoms with Gasteiger partial charge in [0.15, 0.2) is 0 Å². The van der Waals surface area contributed by atoms with Crippen LogP contribution in [0.3, 0.4) is 0 Å². The van der Waals surface area contributed by atoms with Crippen LogP contribution in [-0.2, 0) is 6.42 Å². The highest BCUT2D eigenvalue weighted by Gasteiger charge is 2.24. The average Bonchev–Trinajstić information content (AvgIpc) is 2.98. The minimum atomic E-state index is 0.556. The van der Waals surface area contributed by atoms with Crippen molar-refractivity contribution in [1.29, 1.82) is 0 Å². The van der Waals surface area contributed by atoms with Crippen LogP contribution in [-0.4, -0.2) is 12.6 Å². The normalized spacial score (nSPS) is 17.2. The molecule has 1 aliphatic rings. The van der Waals surface area contributed by atoms with E-state index in [2.05, 4.69) is 59.4 Å². The van der Waals surface area contributed by atoms with Crippen LogP contribution in [0, 0.1) is 11.8 Å². The first-order chi connectivity index (χ1) is 8.84. The van der Waals surface area contributed by atoms with E-state index in [9.17, 15) is 0 Å². The van der Waals surface area contributed by atoms with Gasteiger partial charge >= 0.3 is 0 Å². The molecule has 1 aromatic carbocycles. The van der Waals surface area contributed by atoms with Crippen molar-refractivity contribution in [2.24, 2.45) is 0 Å². The monoisotopic (exact) mass is 253 g/mol. The Balaban J connectivity index is 1.77. The maximum atomic E-state index is 3.29. The minimum absolute atomic E-state index is 0.556. The fraction of sp³-hybridized carbons (Fsp3) is 0.250. The molecule has 0 saturated carbocycles. The Morgan fingerprint density at radius 2 is 2.17 bits per heavy atom. The molecule has 2 heteroatoms. The number of rotatable bonds is 1. The number of hydrogen-bond donors (Lipinski definition) is 0. The van der Waals surface area contributed by atoms with E-state index in [0.717, 1.165) is 17.8 Å². The molecule has 0 bridgehead atoms. The molecule has 0 amide bonds. The van der Waals surface area contributed by atoms with Crippen molar-refractivity contribution >= 4 is 17.0 Å². The number of para-hydroxylation sites is 1. The van der Waals surface area contributed by atoms with Crippen LogP contribution in [0.4, 0.5) is 5.69 Å². The third kappa shape index (κ3) is 2.14. The predicted molar refractivity (Wildman–Crippen MR) is 78.2 cm³/mol. The first-order valence-electron chi connectivity index (χ1n) is 6.21. The Bertz CT molecular complexity index is 589. The summed E-state index contributed by atoms with van der Waals surface area (Å²) >= 11 is 1.70. The lowest BCUT2D eigenvalue weighted by atomic mass is 10.1. The molecule has 1 nitrogen and oxygen atoms in total. The van der Waals surface area contributed by atoms with Crippen molar-refractivity contribution in [1.82, 2.24) is 0 Å². The van der Waals surface area contributed by atoms with Crippen LogP contribution in [0.15, 0.2) is 41.8 Å². The molecule has 1 aromatic heterocycles. The SMILES string of the molecule is CC1Cc2ccccc2N1CC#Cc1cccs1. The molecular weight excluding hydrogens is 238 g/mol. The summed E-state index contributed by atoms with van der Waals surface area (Å²) in [7, 11) is 0. The number of fused-ring (bicyclic) bond motifs is 1. The molecule has 0 fully saturated rings. The van der Waals surface area contributed by atoms with Gasteiger partial charge < -0.3 is 4.90 Å². The maximum Gasteiger partial charge on any atom is 0.0801 e. The highest BCUT2D eigenvalue weighted by molar-refractivity contribution is 7.10. The molecule has 0 aliphatic carbocycles. The van der Waals surface area contributed by atoms with Gasteiger partial charge in [0.2, 0.25) is 0 Å². The largest absolute Gasteiger partial charge is 0.357 e. The molecule has 0 radical (unpaired) electrons. The van der Waals surface area contributed by atoms with Crippen LogP contribution >= 0.6 is 11.3 Å². The summed E-state index contributed by atoms with van der Waals surface area (Å²) in [5.41, 5.74) is 2.80. The summed E-state index contributed by atoms with van der Waals surface area (Å²) in [5, 5.41) is 2.07. The highest BCUT2D eigenvalue weighted by atomic mass is 32.1. The zero-order chi connectivity index (χ0) is 12.4. The Morgan fingerprint density at radius 1 is 1.28 bits per heavy atom. The van der Waals surface area contributed by atoms with Gasteiger partial charge in [-0.3, -0.25) is 0 Å². The van der Waals surface area contributed by atoms with Crippen molar-refractivity contribution in [3.05, 3.63) is 52.2 Å². The lowest BCUT2D eigenvalue weighted by molar-refractivity contribution is 0.711. The van der Waals surface area contributed by atoms with E-state index in [4.69, 9.17) is 0 Å². The molecule has 1 atom stereocenters. The predicted octanol–water partition coefficient (Wildman–Crippen LogP) is 3.55. The van der Waals surface area contributed by atoms with Gasteiger partial charge in [-0.15, -0.1) is 11.3 Å². The van der Waals surface area contributed by atoms with Crippen molar-refractivity contribution in [3.63, 3.8) is 0 Å². The Morgan fingerprint density at radius 3 is 3.00 bits per heavy atom. The van der Waals surface area contributed by atoms with E-state index in [-0.39, 0.29) is 0 Å². The summed E-state index contributed by atoms with van der Waals surface area (Å²) in [5.74, 6) is 6.52. The van der Waals surface area contributed by atoms with Gasteiger partial charge in [-0.1, -0.05) is 36.1 Å². The van der Waals surface area contributed by atoms with Gasteiger partial charge in [0, 0.05) is 11.7 Å². The van der Waals surface area contributed by atoms with Gasteiger partial charge in [-0.25, -0.2) is 0 Å². The molecule has 2 heterocycles. The molecule has 90 valence electrons. The molecule has 2 aromatic rings. The minimum Gasteiger partial charge on any atom is -0.357 e. The summed E-state index contributed by atoms with van der Waals surface area (Å²) in [6.07, 6.45) is 1.14. The second-order valence-corrected chi connectivity index (χ2v) is 5.54. The van der Waals surface area contributed by atoms with Crippen molar-refractivity contribution in [3.8, 4) is 11.8 Å². The lowest BCUT2D eigenvalue weighted by Gasteiger charge is -2.21. The van der Waals surface area contributed by atoms with Crippen LogP contribution in [0.5, 0.6) is 0 Å². The van der Waals surface area contributed by atoms with Crippen LogP contribution in [0.2, 0.25) is 0 Å². The zero-order valence-electron chi connectivity index (χ0n) is 10.4. The highest BCUT2D eigenvalue weighted by Crippen LogP contribution is 2.31. The number of benzene rings is 1. The number of nitrogens with zero attached hydrogens (tertiary/aromatic N) is 1. The second-order valence-electron chi connectivity index (χ2n) is 4.59. The van der Waals surface area contributed by atoms with Gasteiger partial charge in [0.1, 0.15) is 0 Å². The van der Waals surface area contributed by atoms with Crippen molar-refractivity contribution in [2.75, 3.05) is 11.4 Å². The Labute approximate surface area is 112 Å². The maximum absolute atomic E-state index is 3.29. The lowest BCUT2D eigenvalue weighted by Crippen LogP contribution is -2.29. The first kappa shape index (κ1) is 11.4. The van der Waals surface area contributed by atoms with E-state index in [1.54, 1.807) is 11.3 Å². The second kappa shape index (κ2) is 4.88. The fourth-order valence-electron chi connectivity index (χ4n) is 2.43. The summed E-state index contributed by atoms with van der Waals surface area (Å²) in [4.78, 5) is 3.55. The van der Waals surface area contributed by atoms with Crippen molar-refractivity contribution < 1.29 is 0 Å². The third-order valence-corrected chi connectivity index (χ3v) is 4.12. The standard InChI is InChI=1S/C16H15NS/c1-13-12-14-6-2-3-9-16(14)17(13)10-4-7-15-8-5-11-18-15/h2-3,5-6,8-9,11,13H,10,12H2,1H3. The first-order valence-corrected chi connectivity index (χ1v) is 7.09. The van der Waals surface area contributed by atoms with E-state index in [1.807, 2.05) is 6.07 Å². The topological polar surface area (TPSA) is 3.24 Å². The third-order valence-electron chi connectivity index (χ3n) is 3.33. The van der Waals surface area contributed by atoms with Crippen molar-refractivity contribution in [2.45, 2.75) is 19.4 Å². The summed E-state index contributed by atoms with van der Waals surface area (Å²) < 4.78 is 0. The molecule has 1 unspecified atom stereocenters. The van der Waals surface area contributed by atoms with Gasteiger partial charge in [-0.05, 0) is 36.4 Å². The van der Waals surface area contributed by atoms with Crippen LogP contribution < -0.4 is 4.90 Å². The quantitative estimate of drug-likeness (QED) is 0.703. The van der Waals surface area contributed by atoms with Crippen LogP contribution in [0.25, 0.3) is 0 Å². The zero-order valence-corrected chi connectivity index (χ0v) is 11.2. The number of hydrogen-bond acceptors (Lipinski definition) is 2. The average molecular weight is 253 g/mol. The van der Waals surface area contributed by atoms with Crippen LogP contribution in [0.1, 0.15) is 17.4 Å². The Hall–Kier alpha value is -1.72. The molecule has 1 aliphatic heterocycles. The molecule has 0 N–H and O–H groups in total. The van der Waals surface area contributed by atoms with E-state index >= 15 is 0 Å². The molecule has 18 heavy (non-hydrogen) atoms. The summed E-state index contributed by atoms with van der Waals surface area (Å²) in [6, 6.07) is 13.3. The molecular formula is C16H15NS. The molecule has 0 spiro atoms. The smallest absolute Gasteiger partial charge is 0.0801 e. The van der Waals surface area contributed by atoms with E-state index < -0.39 is 0 Å². The van der Waals surface area contributed by atoms with E-state index in [0.29, 0.717) is 6.04 Å². The van der Waals surface area contributed by atoms with Gasteiger partial charge in [0.25, 0.3) is 0 Å². The summed E-state index contributed by atoms with van der Waals surface area (Å²) in [6.45, 7) is 3.09. The number of thiophene rings is 1. The van der Waals surface area contributed by atoms with Gasteiger partial charge in [-0.2, -0.15) is 0 Å². The van der Waals surface area contributed by atoms with E-state index in [1.165, 1.54) is 11.3 Å². The van der Waals surface area contributed by atoms with Gasteiger partial charge in [0.05, 0.1) is 11.4 Å². The molecule has 0 saturated heterocycles.